The summed E-state index contributed by atoms with van der Waals surface area (Å²) in [6.07, 6.45) is 6.51. The fraction of sp³-hybridized carbons (Fsp3) is 0.370. The molecule has 2 aromatic heterocycles. The Bertz CT molecular complexity index is 1270. The standard InChI is InChI=1S/C27H31N4O4P/c1-2-3-9-21(20-10-5-4-6-11-20)18-25-30-31-27(35-25)24-14-13-22(26-23(24)12-7-16-29-26)19-28-15-8-17-34-36(32)33/h4-7,10-14,16,21,28H,2-3,8-9,15,17-19H2,1H3/p+1. The molecule has 2 N–H and O–H groups in total. The maximum atomic E-state index is 10.6. The van der Waals surface area contributed by atoms with Gasteiger partial charge in [-0.3, -0.25) is 4.98 Å². The molecule has 0 aliphatic rings. The van der Waals surface area contributed by atoms with Crippen molar-refractivity contribution in [2.45, 2.75) is 51.5 Å². The fourth-order valence-electron chi connectivity index (χ4n) is 4.34. The van der Waals surface area contributed by atoms with Gasteiger partial charge in [0.2, 0.25) is 11.8 Å². The number of pyridine rings is 1. The first-order valence-corrected chi connectivity index (χ1v) is 13.5. The Balaban J connectivity index is 1.48. The minimum atomic E-state index is -2.54. The maximum absolute atomic E-state index is 10.6. The van der Waals surface area contributed by atoms with Crippen molar-refractivity contribution in [1.29, 1.82) is 0 Å². The average Bonchev–Trinajstić information content (AvgIpc) is 3.37. The molecule has 2 heterocycles. The molecule has 0 aliphatic heterocycles. The number of nitrogens with zero attached hydrogens (tertiary/aromatic N) is 3. The molecule has 4 aromatic rings. The Kier molecular flexibility index (Phi) is 9.64. The topological polar surface area (TPSA) is 110 Å². The molecule has 9 heteroatoms. The first-order chi connectivity index (χ1) is 17.7. The van der Waals surface area contributed by atoms with E-state index < -0.39 is 8.25 Å². The number of fused-ring (bicyclic) bond motifs is 1. The third-order valence-corrected chi connectivity index (χ3v) is 6.57. The summed E-state index contributed by atoms with van der Waals surface area (Å²) in [5, 5.41) is 13.1. The molecule has 4 rings (SSSR count). The van der Waals surface area contributed by atoms with Gasteiger partial charge in [-0.2, -0.15) is 0 Å². The van der Waals surface area contributed by atoms with Gasteiger partial charge in [-0.15, -0.1) is 19.6 Å². The monoisotopic (exact) mass is 507 g/mol. The second kappa shape index (κ2) is 13.3. The third kappa shape index (κ3) is 7.02. The van der Waals surface area contributed by atoms with Gasteiger partial charge in [0.25, 0.3) is 0 Å². The van der Waals surface area contributed by atoms with E-state index in [2.05, 4.69) is 56.2 Å². The summed E-state index contributed by atoms with van der Waals surface area (Å²) < 4.78 is 21.4. The highest BCUT2D eigenvalue weighted by Crippen LogP contribution is 2.31. The molecule has 188 valence electrons. The fourth-order valence-corrected chi connectivity index (χ4v) is 4.63. The van der Waals surface area contributed by atoms with Crippen molar-refractivity contribution < 1.29 is 18.4 Å². The largest absolute Gasteiger partial charge is 0.694 e. The SMILES string of the molecule is CCCCC(Cc1nnc(-c2ccc(CNCCCO[P+](=O)O)c3ncccc23)o1)c1ccccc1. The quantitative estimate of drug-likeness (QED) is 0.159. The lowest BCUT2D eigenvalue weighted by molar-refractivity contribution is 0.276. The van der Waals surface area contributed by atoms with Gasteiger partial charge in [0, 0.05) is 34.7 Å². The molecular weight excluding hydrogens is 475 g/mol. The molecule has 0 saturated heterocycles. The molecule has 0 fully saturated rings. The van der Waals surface area contributed by atoms with Crippen molar-refractivity contribution in [2.75, 3.05) is 13.2 Å². The van der Waals surface area contributed by atoms with Gasteiger partial charge in [-0.05, 0) is 48.6 Å². The highest BCUT2D eigenvalue weighted by atomic mass is 31.1. The van der Waals surface area contributed by atoms with Gasteiger partial charge < -0.3 is 9.73 Å². The van der Waals surface area contributed by atoms with Crippen LogP contribution in [0.1, 0.15) is 55.5 Å². The number of unbranched alkanes of at least 4 members (excludes halogenated alkanes) is 1. The van der Waals surface area contributed by atoms with Crippen LogP contribution in [0, 0.1) is 0 Å². The normalized spacial score (nSPS) is 12.7. The Labute approximate surface area is 212 Å². The summed E-state index contributed by atoms with van der Waals surface area (Å²) in [7, 11) is -2.54. The van der Waals surface area contributed by atoms with E-state index in [1.54, 1.807) is 6.20 Å². The summed E-state index contributed by atoms with van der Waals surface area (Å²) in [5.74, 6) is 1.49. The number of aromatic nitrogens is 3. The van der Waals surface area contributed by atoms with Crippen LogP contribution in [0.5, 0.6) is 0 Å². The Morgan fingerprint density at radius 1 is 1.08 bits per heavy atom. The molecule has 0 bridgehead atoms. The van der Waals surface area contributed by atoms with Crippen LogP contribution in [0.25, 0.3) is 22.4 Å². The van der Waals surface area contributed by atoms with Crippen LogP contribution < -0.4 is 5.32 Å². The number of hydrogen-bond donors (Lipinski definition) is 2. The van der Waals surface area contributed by atoms with Crippen molar-refractivity contribution in [3.63, 3.8) is 0 Å². The second-order valence-corrected chi connectivity index (χ2v) is 9.46. The van der Waals surface area contributed by atoms with Crippen LogP contribution in [0.15, 0.2) is 65.2 Å². The van der Waals surface area contributed by atoms with Crippen LogP contribution >= 0.6 is 8.25 Å². The summed E-state index contributed by atoms with van der Waals surface area (Å²) in [5.41, 5.74) is 4.09. The molecule has 0 aliphatic carbocycles. The van der Waals surface area contributed by atoms with Gasteiger partial charge in [0.15, 0.2) is 0 Å². The smallest absolute Gasteiger partial charge is 0.421 e. The van der Waals surface area contributed by atoms with Gasteiger partial charge in [-0.25, -0.2) is 0 Å². The number of rotatable bonds is 14. The van der Waals surface area contributed by atoms with E-state index in [-0.39, 0.29) is 6.61 Å². The van der Waals surface area contributed by atoms with Crippen LogP contribution in [-0.4, -0.2) is 33.2 Å². The van der Waals surface area contributed by atoms with Crippen LogP contribution in [-0.2, 0) is 22.1 Å². The summed E-state index contributed by atoms with van der Waals surface area (Å²) in [4.78, 5) is 13.3. The van der Waals surface area contributed by atoms with Gasteiger partial charge in [0.05, 0.1) is 5.52 Å². The van der Waals surface area contributed by atoms with Gasteiger partial charge >= 0.3 is 8.25 Å². The molecule has 0 amide bonds. The lowest BCUT2D eigenvalue weighted by atomic mass is 9.91. The molecule has 8 nitrogen and oxygen atoms in total. The molecule has 36 heavy (non-hydrogen) atoms. The van der Waals surface area contributed by atoms with E-state index in [4.69, 9.17) is 9.31 Å². The Hall–Kier alpha value is -3.03. The highest BCUT2D eigenvalue weighted by molar-refractivity contribution is 7.32. The van der Waals surface area contributed by atoms with Crippen LogP contribution in [0.2, 0.25) is 0 Å². The number of benzene rings is 2. The zero-order valence-corrected chi connectivity index (χ0v) is 21.4. The Morgan fingerprint density at radius 2 is 1.94 bits per heavy atom. The van der Waals surface area contributed by atoms with Crippen molar-refractivity contribution in [3.8, 4) is 11.5 Å². The van der Waals surface area contributed by atoms with Crippen LogP contribution in [0.3, 0.4) is 0 Å². The van der Waals surface area contributed by atoms with E-state index in [1.165, 1.54) is 5.56 Å². The first-order valence-electron chi connectivity index (χ1n) is 12.4. The number of hydrogen-bond acceptors (Lipinski definition) is 7. The molecular formula is C27H32N4O4P+. The zero-order valence-electron chi connectivity index (χ0n) is 20.5. The van der Waals surface area contributed by atoms with Crippen molar-refractivity contribution in [2.24, 2.45) is 0 Å². The molecule has 0 radical (unpaired) electrons. The zero-order chi connectivity index (χ0) is 25.2. The molecule has 2 aromatic carbocycles. The van der Waals surface area contributed by atoms with E-state index >= 15 is 0 Å². The minimum Gasteiger partial charge on any atom is -0.421 e. The second-order valence-electron chi connectivity index (χ2n) is 8.73. The number of nitrogens with one attached hydrogen (secondary N) is 1. The summed E-state index contributed by atoms with van der Waals surface area (Å²) in [6.45, 7) is 3.72. The Morgan fingerprint density at radius 3 is 2.75 bits per heavy atom. The van der Waals surface area contributed by atoms with Crippen molar-refractivity contribution in [3.05, 3.63) is 77.8 Å². The van der Waals surface area contributed by atoms with Crippen molar-refractivity contribution >= 4 is 19.2 Å². The lowest BCUT2D eigenvalue weighted by Gasteiger charge is -2.15. The average molecular weight is 508 g/mol. The molecule has 0 saturated carbocycles. The van der Waals surface area contributed by atoms with Gasteiger partial charge in [-0.1, -0.05) is 62.2 Å². The lowest BCUT2D eigenvalue weighted by Crippen LogP contribution is -2.16. The first kappa shape index (κ1) is 26.0. The van der Waals surface area contributed by atoms with Gasteiger partial charge in [0.1, 0.15) is 6.61 Å². The minimum absolute atomic E-state index is 0.236. The predicted octanol–water partition coefficient (Wildman–Crippen LogP) is 5.95. The van der Waals surface area contributed by atoms with E-state index in [0.29, 0.717) is 43.6 Å². The van der Waals surface area contributed by atoms with E-state index in [1.807, 2.05) is 30.3 Å². The predicted molar refractivity (Wildman–Crippen MR) is 140 cm³/mol. The molecule has 2 unspecified atom stereocenters. The van der Waals surface area contributed by atoms with Crippen LogP contribution in [0.4, 0.5) is 0 Å². The highest BCUT2D eigenvalue weighted by Gasteiger charge is 2.19. The van der Waals surface area contributed by atoms with E-state index in [0.717, 1.165) is 41.3 Å². The van der Waals surface area contributed by atoms with Crippen molar-refractivity contribution in [1.82, 2.24) is 20.5 Å². The summed E-state index contributed by atoms with van der Waals surface area (Å²) >= 11 is 0. The molecule has 2 atom stereocenters. The molecule has 0 spiro atoms. The third-order valence-electron chi connectivity index (χ3n) is 6.16. The maximum Gasteiger partial charge on any atom is 0.694 e. The van der Waals surface area contributed by atoms with E-state index in [9.17, 15) is 4.57 Å². The summed E-state index contributed by atoms with van der Waals surface area (Å²) in [6, 6.07) is 18.5.